The molecule has 0 radical (unpaired) electrons. The number of para-hydroxylation sites is 1. The van der Waals surface area contributed by atoms with Gasteiger partial charge < -0.3 is 19.1 Å². The van der Waals surface area contributed by atoms with Crippen LogP contribution in [-0.2, 0) is 30.8 Å². The molecule has 4 rings (SSSR count). The van der Waals surface area contributed by atoms with E-state index in [4.69, 9.17) is 14.2 Å². The van der Waals surface area contributed by atoms with Crippen LogP contribution in [0.4, 0.5) is 5.69 Å². The molecule has 0 aliphatic carbocycles. The number of hydrogen-bond acceptors (Lipinski definition) is 7. The number of rotatable bonds is 7. The second kappa shape index (κ2) is 10.0. The van der Waals surface area contributed by atoms with Gasteiger partial charge in [-0.25, -0.2) is 13.1 Å². The molecule has 182 valence electrons. The van der Waals surface area contributed by atoms with Gasteiger partial charge in [0.2, 0.25) is 10.0 Å². The van der Waals surface area contributed by atoms with Gasteiger partial charge in [0.15, 0.2) is 17.6 Å². The SMILES string of the molecule is C[C@@H](OC(=O)CCNS(=O)(=O)c1ccc2c(c1)OCCCO2)C(=O)N1c2ccccc2C[C@@H]1C. The molecule has 0 saturated heterocycles. The minimum atomic E-state index is -3.87. The van der Waals surface area contributed by atoms with Crippen molar-refractivity contribution in [3.05, 3.63) is 48.0 Å². The van der Waals surface area contributed by atoms with Gasteiger partial charge in [-0.05, 0) is 44.0 Å². The van der Waals surface area contributed by atoms with Crippen LogP contribution in [0.1, 0.15) is 32.3 Å². The fourth-order valence-electron chi connectivity index (χ4n) is 4.09. The molecule has 10 heteroatoms. The van der Waals surface area contributed by atoms with E-state index in [1.807, 2.05) is 31.2 Å². The summed E-state index contributed by atoms with van der Waals surface area (Å²) in [5, 5.41) is 0. The van der Waals surface area contributed by atoms with E-state index in [9.17, 15) is 18.0 Å². The number of nitrogens with zero attached hydrogens (tertiary/aromatic N) is 1. The van der Waals surface area contributed by atoms with E-state index in [0.717, 1.165) is 17.7 Å². The van der Waals surface area contributed by atoms with Crippen LogP contribution >= 0.6 is 0 Å². The Balaban J connectivity index is 1.30. The largest absolute Gasteiger partial charge is 0.490 e. The van der Waals surface area contributed by atoms with Crippen LogP contribution in [0.3, 0.4) is 0 Å². The third kappa shape index (κ3) is 5.18. The van der Waals surface area contributed by atoms with Gasteiger partial charge in [0.25, 0.3) is 5.91 Å². The molecule has 1 N–H and O–H groups in total. The van der Waals surface area contributed by atoms with Crippen molar-refractivity contribution in [3.8, 4) is 11.5 Å². The summed E-state index contributed by atoms with van der Waals surface area (Å²) in [5.74, 6) is -0.112. The first-order valence-electron chi connectivity index (χ1n) is 11.3. The average Bonchev–Trinajstić information content (AvgIpc) is 2.97. The van der Waals surface area contributed by atoms with E-state index in [1.165, 1.54) is 19.1 Å². The van der Waals surface area contributed by atoms with Crippen LogP contribution < -0.4 is 19.1 Å². The number of ether oxygens (including phenoxy) is 3. The van der Waals surface area contributed by atoms with Gasteiger partial charge in [0, 0.05) is 30.8 Å². The maximum absolute atomic E-state index is 12.9. The van der Waals surface area contributed by atoms with Crippen molar-refractivity contribution in [2.45, 2.75) is 50.2 Å². The Hall–Kier alpha value is -3.11. The molecule has 0 bridgehead atoms. The summed E-state index contributed by atoms with van der Waals surface area (Å²) in [5.41, 5.74) is 1.90. The molecule has 2 atom stereocenters. The van der Waals surface area contributed by atoms with Crippen LogP contribution in [-0.4, -0.2) is 52.2 Å². The zero-order chi connectivity index (χ0) is 24.3. The van der Waals surface area contributed by atoms with E-state index < -0.39 is 22.1 Å². The Morgan fingerprint density at radius 1 is 1.15 bits per heavy atom. The van der Waals surface area contributed by atoms with E-state index in [1.54, 1.807) is 11.0 Å². The Bertz CT molecular complexity index is 1180. The lowest BCUT2D eigenvalue weighted by Crippen LogP contribution is -2.43. The molecule has 1 amide bonds. The summed E-state index contributed by atoms with van der Waals surface area (Å²) in [4.78, 5) is 26.9. The van der Waals surface area contributed by atoms with E-state index in [0.29, 0.717) is 31.1 Å². The smallest absolute Gasteiger partial charge is 0.307 e. The van der Waals surface area contributed by atoms with E-state index >= 15 is 0 Å². The highest BCUT2D eigenvalue weighted by Gasteiger charge is 2.34. The number of amides is 1. The molecule has 0 aromatic heterocycles. The minimum Gasteiger partial charge on any atom is -0.490 e. The topological polar surface area (TPSA) is 111 Å². The highest BCUT2D eigenvalue weighted by atomic mass is 32.2. The lowest BCUT2D eigenvalue weighted by Gasteiger charge is -2.26. The summed E-state index contributed by atoms with van der Waals surface area (Å²) in [6.07, 6.45) is 0.248. The van der Waals surface area contributed by atoms with Crippen molar-refractivity contribution in [2.24, 2.45) is 0 Å². The van der Waals surface area contributed by atoms with Crippen LogP contribution in [0.5, 0.6) is 11.5 Å². The first-order valence-corrected chi connectivity index (χ1v) is 12.7. The summed E-state index contributed by atoms with van der Waals surface area (Å²) in [6, 6.07) is 12.0. The monoisotopic (exact) mass is 488 g/mol. The fourth-order valence-corrected chi connectivity index (χ4v) is 5.13. The Morgan fingerprint density at radius 2 is 1.88 bits per heavy atom. The summed E-state index contributed by atoms with van der Waals surface area (Å²) >= 11 is 0. The number of sulfonamides is 1. The maximum atomic E-state index is 12.9. The van der Waals surface area contributed by atoms with Crippen molar-refractivity contribution in [3.63, 3.8) is 0 Å². The quantitative estimate of drug-likeness (QED) is 0.596. The van der Waals surface area contributed by atoms with Crippen LogP contribution in [0.2, 0.25) is 0 Å². The molecule has 0 spiro atoms. The van der Waals surface area contributed by atoms with Crippen molar-refractivity contribution >= 4 is 27.6 Å². The van der Waals surface area contributed by atoms with Crippen molar-refractivity contribution in [1.29, 1.82) is 0 Å². The summed E-state index contributed by atoms with van der Waals surface area (Å²) in [6.45, 7) is 4.24. The predicted molar refractivity (Wildman–Crippen MR) is 125 cm³/mol. The van der Waals surface area contributed by atoms with Gasteiger partial charge in [-0.1, -0.05) is 18.2 Å². The zero-order valence-corrected chi connectivity index (χ0v) is 20.0. The lowest BCUT2D eigenvalue weighted by molar-refractivity contribution is -0.153. The fraction of sp³-hybridized carbons (Fsp3) is 0.417. The zero-order valence-electron chi connectivity index (χ0n) is 19.2. The number of fused-ring (bicyclic) bond motifs is 2. The van der Waals surface area contributed by atoms with Crippen LogP contribution in [0.25, 0.3) is 0 Å². The second-order valence-corrected chi connectivity index (χ2v) is 10.1. The Kier molecular flexibility index (Phi) is 7.08. The maximum Gasteiger partial charge on any atom is 0.307 e. The van der Waals surface area contributed by atoms with Gasteiger partial charge in [-0.3, -0.25) is 9.59 Å². The van der Waals surface area contributed by atoms with Gasteiger partial charge in [0.1, 0.15) is 0 Å². The number of hydrogen-bond donors (Lipinski definition) is 1. The number of carbonyl (C=O) groups excluding carboxylic acids is 2. The van der Waals surface area contributed by atoms with E-state index in [-0.39, 0.29) is 29.8 Å². The third-order valence-corrected chi connectivity index (χ3v) is 7.21. The average molecular weight is 489 g/mol. The van der Waals surface area contributed by atoms with Crippen molar-refractivity contribution in [1.82, 2.24) is 4.72 Å². The molecule has 0 saturated carbocycles. The highest BCUT2D eigenvalue weighted by Crippen LogP contribution is 2.33. The molecule has 2 heterocycles. The van der Waals surface area contributed by atoms with Gasteiger partial charge in [0.05, 0.1) is 24.5 Å². The third-order valence-electron chi connectivity index (χ3n) is 5.75. The molecule has 2 aromatic carbocycles. The van der Waals surface area contributed by atoms with Crippen molar-refractivity contribution < 1.29 is 32.2 Å². The molecule has 2 aliphatic rings. The van der Waals surface area contributed by atoms with Crippen molar-refractivity contribution in [2.75, 3.05) is 24.7 Å². The Labute approximate surface area is 199 Å². The molecule has 34 heavy (non-hydrogen) atoms. The van der Waals surface area contributed by atoms with Gasteiger partial charge in [-0.15, -0.1) is 0 Å². The molecule has 2 aliphatic heterocycles. The molecular formula is C24H28N2O7S. The normalized spacial score (nSPS) is 18.1. The number of benzene rings is 2. The first kappa shape index (κ1) is 24.0. The summed E-state index contributed by atoms with van der Waals surface area (Å²) in [7, 11) is -3.87. The number of nitrogens with one attached hydrogen (secondary N) is 1. The predicted octanol–water partition coefficient (Wildman–Crippen LogP) is 2.43. The molecule has 9 nitrogen and oxygen atoms in total. The van der Waals surface area contributed by atoms with Gasteiger partial charge in [-0.2, -0.15) is 0 Å². The lowest BCUT2D eigenvalue weighted by atomic mass is 10.1. The standard InChI is InChI=1S/C24H28N2O7S/c1-16-14-18-6-3-4-7-20(18)26(16)24(28)17(2)33-23(27)10-11-25-34(29,30)19-8-9-21-22(15-19)32-13-5-12-31-21/h3-4,6-9,15-17,25H,5,10-14H2,1-2H3/t16-,17+/m0/s1. The first-order chi connectivity index (χ1) is 16.3. The highest BCUT2D eigenvalue weighted by molar-refractivity contribution is 7.89. The van der Waals surface area contributed by atoms with E-state index in [2.05, 4.69) is 4.72 Å². The number of carbonyl (C=O) groups is 2. The number of esters is 1. The molecule has 2 aromatic rings. The second-order valence-electron chi connectivity index (χ2n) is 8.33. The molecule has 0 unspecified atom stereocenters. The van der Waals surface area contributed by atoms with Gasteiger partial charge >= 0.3 is 5.97 Å². The number of anilines is 1. The summed E-state index contributed by atoms with van der Waals surface area (Å²) < 4.78 is 44.0. The molecular weight excluding hydrogens is 460 g/mol. The van der Waals surface area contributed by atoms with Crippen LogP contribution in [0.15, 0.2) is 47.4 Å². The van der Waals surface area contributed by atoms with Crippen LogP contribution in [0, 0.1) is 0 Å². The Morgan fingerprint density at radius 3 is 2.68 bits per heavy atom. The molecule has 0 fully saturated rings. The minimum absolute atomic E-state index is 0.00958.